The molecular formula is C9H11BrN2. The van der Waals surface area contributed by atoms with E-state index in [1.807, 2.05) is 12.3 Å². The molecule has 64 valence electrons. The van der Waals surface area contributed by atoms with Gasteiger partial charge in [0.25, 0.3) is 0 Å². The molecule has 1 heterocycles. The van der Waals surface area contributed by atoms with Crippen LogP contribution in [0.4, 0.5) is 0 Å². The van der Waals surface area contributed by atoms with E-state index in [0.717, 1.165) is 11.1 Å². The molecular weight excluding hydrogens is 216 g/mol. The maximum Gasteiger partial charge on any atom is 0.106 e. The molecule has 0 aliphatic heterocycles. The normalized spacial score (nSPS) is 27.2. The van der Waals surface area contributed by atoms with Gasteiger partial charge in [0.2, 0.25) is 0 Å². The second-order valence-electron chi connectivity index (χ2n) is 3.25. The van der Waals surface area contributed by atoms with Gasteiger partial charge in [0.05, 0.1) is 0 Å². The molecule has 2 unspecified atom stereocenters. The lowest BCUT2D eigenvalue weighted by Gasteiger charge is -1.97. The van der Waals surface area contributed by atoms with Crippen molar-refractivity contribution in [2.24, 2.45) is 11.7 Å². The van der Waals surface area contributed by atoms with Gasteiger partial charge in [-0.25, -0.2) is 4.98 Å². The lowest BCUT2D eigenvalue weighted by Crippen LogP contribution is -2.01. The molecule has 2 atom stereocenters. The second kappa shape index (κ2) is 3.15. The van der Waals surface area contributed by atoms with Gasteiger partial charge in [-0.05, 0) is 52.4 Å². The van der Waals surface area contributed by atoms with Crippen molar-refractivity contribution in [3.63, 3.8) is 0 Å². The monoisotopic (exact) mass is 226 g/mol. The first-order chi connectivity index (χ1) is 5.81. The van der Waals surface area contributed by atoms with Gasteiger partial charge in [-0.2, -0.15) is 0 Å². The first kappa shape index (κ1) is 8.20. The maximum absolute atomic E-state index is 5.56. The van der Waals surface area contributed by atoms with E-state index < -0.39 is 0 Å². The van der Waals surface area contributed by atoms with Crippen LogP contribution in [-0.2, 0) is 0 Å². The summed E-state index contributed by atoms with van der Waals surface area (Å²) in [6.45, 7) is 0.806. The summed E-state index contributed by atoms with van der Waals surface area (Å²) in [6.07, 6.45) is 3.17. The van der Waals surface area contributed by atoms with Crippen LogP contribution in [0.25, 0.3) is 0 Å². The van der Waals surface area contributed by atoms with Crippen LogP contribution in [0.5, 0.6) is 0 Å². The fourth-order valence-electron chi connectivity index (χ4n) is 1.52. The number of nitrogens with zero attached hydrogens (tertiary/aromatic N) is 1. The highest BCUT2D eigenvalue weighted by Crippen LogP contribution is 2.46. The molecule has 12 heavy (non-hydrogen) atoms. The van der Waals surface area contributed by atoms with Gasteiger partial charge in [-0.1, -0.05) is 6.07 Å². The zero-order chi connectivity index (χ0) is 8.55. The third-order valence-corrected chi connectivity index (χ3v) is 2.87. The van der Waals surface area contributed by atoms with Crippen LogP contribution in [0, 0.1) is 5.92 Å². The number of nitrogens with two attached hydrogens (primary N) is 1. The Kier molecular flexibility index (Phi) is 2.15. The highest BCUT2D eigenvalue weighted by Gasteiger charge is 2.36. The summed E-state index contributed by atoms with van der Waals surface area (Å²) in [6, 6.07) is 4.11. The van der Waals surface area contributed by atoms with Crippen LogP contribution in [-0.4, -0.2) is 11.5 Å². The molecule has 2 N–H and O–H groups in total. The molecule has 0 bridgehead atoms. The third-order valence-electron chi connectivity index (χ3n) is 2.40. The first-order valence-corrected chi connectivity index (χ1v) is 4.92. The maximum atomic E-state index is 5.56. The van der Waals surface area contributed by atoms with Crippen LogP contribution in [0.15, 0.2) is 22.9 Å². The van der Waals surface area contributed by atoms with Crippen LogP contribution >= 0.6 is 15.9 Å². The Hall–Kier alpha value is -0.410. The average molecular weight is 227 g/mol. The molecule has 1 aliphatic rings. The number of rotatable bonds is 2. The summed E-state index contributed by atoms with van der Waals surface area (Å²) >= 11 is 3.31. The molecule has 1 aliphatic carbocycles. The van der Waals surface area contributed by atoms with E-state index in [1.54, 1.807) is 0 Å². The topological polar surface area (TPSA) is 38.9 Å². The zero-order valence-corrected chi connectivity index (χ0v) is 8.29. The summed E-state index contributed by atoms with van der Waals surface area (Å²) in [5.41, 5.74) is 6.89. The summed E-state index contributed by atoms with van der Waals surface area (Å²) in [5.74, 6) is 1.38. The minimum absolute atomic E-state index is 0.676. The van der Waals surface area contributed by atoms with E-state index in [1.165, 1.54) is 12.0 Å². The van der Waals surface area contributed by atoms with E-state index in [9.17, 15) is 0 Å². The van der Waals surface area contributed by atoms with Crippen LogP contribution in [0.2, 0.25) is 0 Å². The molecule has 3 heteroatoms. The smallest absolute Gasteiger partial charge is 0.106 e. The van der Waals surface area contributed by atoms with E-state index in [0.29, 0.717) is 11.8 Å². The Balaban J connectivity index is 2.10. The van der Waals surface area contributed by atoms with Gasteiger partial charge in [-0.15, -0.1) is 0 Å². The SMILES string of the molecule is NCC1CC1c1ccc(Br)nc1. The quantitative estimate of drug-likeness (QED) is 0.783. The lowest BCUT2D eigenvalue weighted by atomic mass is 10.1. The van der Waals surface area contributed by atoms with Gasteiger partial charge >= 0.3 is 0 Å². The summed E-state index contributed by atoms with van der Waals surface area (Å²) in [7, 11) is 0. The molecule has 1 saturated carbocycles. The van der Waals surface area contributed by atoms with Gasteiger partial charge in [0.1, 0.15) is 4.60 Å². The number of halogens is 1. The molecule has 1 fully saturated rings. The molecule has 0 aromatic carbocycles. The van der Waals surface area contributed by atoms with Crippen LogP contribution in [0.3, 0.4) is 0 Å². The van der Waals surface area contributed by atoms with Crippen molar-refractivity contribution < 1.29 is 0 Å². The van der Waals surface area contributed by atoms with Crippen molar-refractivity contribution in [2.75, 3.05) is 6.54 Å². The van der Waals surface area contributed by atoms with Gasteiger partial charge in [0.15, 0.2) is 0 Å². The van der Waals surface area contributed by atoms with E-state index in [4.69, 9.17) is 5.73 Å². The lowest BCUT2D eigenvalue weighted by molar-refractivity contribution is 0.807. The number of hydrogen-bond acceptors (Lipinski definition) is 2. The summed E-state index contributed by atoms with van der Waals surface area (Å²) in [4.78, 5) is 4.18. The second-order valence-corrected chi connectivity index (χ2v) is 4.06. The van der Waals surface area contributed by atoms with Crippen LogP contribution in [0.1, 0.15) is 17.9 Å². The highest BCUT2D eigenvalue weighted by molar-refractivity contribution is 9.10. The Bertz CT molecular complexity index is 270. The van der Waals surface area contributed by atoms with Crippen molar-refractivity contribution in [1.82, 2.24) is 4.98 Å². The molecule has 1 aromatic heterocycles. The summed E-state index contributed by atoms with van der Waals surface area (Å²) < 4.78 is 0.899. The molecule has 2 nitrogen and oxygen atoms in total. The zero-order valence-electron chi connectivity index (χ0n) is 6.70. The molecule has 0 saturated heterocycles. The number of pyridine rings is 1. The van der Waals surface area contributed by atoms with Crippen LogP contribution < -0.4 is 5.73 Å². The minimum atomic E-state index is 0.676. The molecule has 2 rings (SSSR count). The standard InChI is InChI=1S/C9H11BrN2/c10-9-2-1-6(5-12-9)8-3-7(8)4-11/h1-2,5,7-8H,3-4,11H2. The Morgan fingerprint density at radius 1 is 1.58 bits per heavy atom. The fraction of sp³-hybridized carbons (Fsp3) is 0.444. The fourth-order valence-corrected chi connectivity index (χ4v) is 1.76. The first-order valence-electron chi connectivity index (χ1n) is 4.13. The predicted octanol–water partition coefficient (Wildman–Crippen LogP) is 1.91. The van der Waals surface area contributed by atoms with E-state index in [2.05, 4.69) is 27.0 Å². The van der Waals surface area contributed by atoms with Crippen molar-refractivity contribution in [1.29, 1.82) is 0 Å². The van der Waals surface area contributed by atoms with Gasteiger partial charge in [-0.3, -0.25) is 0 Å². The van der Waals surface area contributed by atoms with Gasteiger partial charge in [0, 0.05) is 6.20 Å². The Labute approximate surface area is 80.3 Å². The number of aromatic nitrogens is 1. The molecule has 0 amide bonds. The largest absolute Gasteiger partial charge is 0.330 e. The van der Waals surface area contributed by atoms with Crippen molar-refractivity contribution in [3.05, 3.63) is 28.5 Å². The number of hydrogen-bond donors (Lipinski definition) is 1. The molecule has 1 aromatic rings. The predicted molar refractivity (Wildman–Crippen MR) is 51.8 cm³/mol. The highest BCUT2D eigenvalue weighted by atomic mass is 79.9. The molecule has 0 spiro atoms. The summed E-state index contributed by atoms with van der Waals surface area (Å²) in [5, 5.41) is 0. The Morgan fingerprint density at radius 3 is 2.92 bits per heavy atom. The van der Waals surface area contributed by atoms with Gasteiger partial charge < -0.3 is 5.73 Å². The van der Waals surface area contributed by atoms with Crippen molar-refractivity contribution in [2.45, 2.75) is 12.3 Å². The van der Waals surface area contributed by atoms with Crippen molar-refractivity contribution >= 4 is 15.9 Å². The van der Waals surface area contributed by atoms with Crippen molar-refractivity contribution in [3.8, 4) is 0 Å². The molecule has 0 radical (unpaired) electrons. The Morgan fingerprint density at radius 2 is 2.42 bits per heavy atom. The average Bonchev–Trinajstić information content (AvgIpc) is 2.85. The van der Waals surface area contributed by atoms with E-state index in [-0.39, 0.29) is 0 Å². The minimum Gasteiger partial charge on any atom is -0.330 e. The third kappa shape index (κ3) is 1.52. The van der Waals surface area contributed by atoms with E-state index >= 15 is 0 Å².